The molecule has 0 saturated carbocycles. The molecule has 0 aromatic heterocycles. The molecule has 0 spiro atoms. The standard InChI is InChI=1S/C10H13IO2/c1-7(6-12)9-5-8(13-2)3-4-10(9)11/h3-5,7,12H,6H2,1-2H3. The highest BCUT2D eigenvalue weighted by atomic mass is 127. The Labute approximate surface area is 92.1 Å². The van der Waals surface area contributed by atoms with E-state index < -0.39 is 0 Å². The molecule has 1 aromatic rings. The Kier molecular flexibility index (Phi) is 3.99. The van der Waals surface area contributed by atoms with Crippen LogP contribution in [-0.4, -0.2) is 18.8 Å². The number of methoxy groups -OCH3 is 1. The fourth-order valence-electron chi connectivity index (χ4n) is 1.12. The summed E-state index contributed by atoms with van der Waals surface area (Å²) in [5, 5.41) is 9.03. The Bertz CT molecular complexity index is 286. The minimum atomic E-state index is 0.169. The molecule has 3 heteroatoms. The lowest BCUT2D eigenvalue weighted by molar-refractivity contribution is 0.272. The summed E-state index contributed by atoms with van der Waals surface area (Å²) in [7, 11) is 1.65. The second kappa shape index (κ2) is 4.81. The van der Waals surface area contributed by atoms with Gasteiger partial charge in [0.25, 0.3) is 0 Å². The highest BCUT2D eigenvalue weighted by molar-refractivity contribution is 14.1. The third-order valence-electron chi connectivity index (χ3n) is 2.01. The number of aliphatic hydroxyl groups excluding tert-OH is 1. The predicted octanol–water partition coefficient (Wildman–Crippen LogP) is 2.40. The van der Waals surface area contributed by atoms with E-state index in [9.17, 15) is 0 Å². The zero-order valence-electron chi connectivity index (χ0n) is 7.75. The van der Waals surface area contributed by atoms with E-state index in [1.54, 1.807) is 7.11 Å². The van der Waals surface area contributed by atoms with Crippen LogP contribution >= 0.6 is 22.6 Å². The van der Waals surface area contributed by atoms with E-state index in [4.69, 9.17) is 9.84 Å². The summed E-state index contributed by atoms with van der Waals surface area (Å²) >= 11 is 2.27. The van der Waals surface area contributed by atoms with Gasteiger partial charge < -0.3 is 9.84 Å². The Hall–Kier alpha value is -0.290. The van der Waals surface area contributed by atoms with Crippen molar-refractivity contribution in [2.24, 2.45) is 0 Å². The monoisotopic (exact) mass is 292 g/mol. The van der Waals surface area contributed by atoms with Crippen LogP contribution in [0.1, 0.15) is 18.4 Å². The average molecular weight is 292 g/mol. The van der Waals surface area contributed by atoms with Crippen molar-refractivity contribution in [1.29, 1.82) is 0 Å². The molecule has 0 aliphatic rings. The topological polar surface area (TPSA) is 29.5 Å². The third-order valence-corrected chi connectivity index (χ3v) is 2.99. The Morgan fingerprint density at radius 3 is 2.77 bits per heavy atom. The average Bonchev–Trinajstić information content (AvgIpc) is 2.17. The van der Waals surface area contributed by atoms with Gasteiger partial charge in [-0.3, -0.25) is 0 Å². The van der Waals surface area contributed by atoms with Gasteiger partial charge >= 0.3 is 0 Å². The number of halogens is 1. The van der Waals surface area contributed by atoms with Crippen LogP contribution in [0, 0.1) is 3.57 Å². The Morgan fingerprint density at radius 1 is 1.54 bits per heavy atom. The molecule has 0 aliphatic heterocycles. The van der Waals surface area contributed by atoms with E-state index >= 15 is 0 Å². The fourth-order valence-corrected chi connectivity index (χ4v) is 1.99. The van der Waals surface area contributed by atoms with Crippen molar-refractivity contribution in [3.05, 3.63) is 27.3 Å². The van der Waals surface area contributed by atoms with Crippen LogP contribution < -0.4 is 4.74 Å². The molecule has 1 aromatic carbocycles. The molecular formula is C10H13IO2. The molecule has 0 heterocycles. The first-order valence-electron chi connectivity index (χ1n) is 4.13. The lowest BCUT2D eigenvalue weighted by atomic mass is 10.0. The molecule has 0 fully saturated rings. The molecule has 0 saturated heterocycles. The summed E-state index contributed by atoms with van der Waals surface area (Å²) in [6.45, 7) is 2.17. The van der Waals surface area contributed by atoms with E-state index in [0.717, 1.165) is 11.3 Å². The molecule has 1 N–H and O–H groups in total. The minimum absolute atomic E-state index is 0.169. The van der Waals surface area contributed by atoms with Crippen molar-refractivity contribution in [3.8, 4) is 5.75 Å². The lowest BCUT2D eigenvalue weighted by Gasteiger charge is -2.12. The quantitative estimate of drug-likeness (QED) is 0.867. The molecule has 1 rings (SSSR count). The fraction of sp³-hybridized carbons (Fsp3) is 0.400. The molecule has 72 valence electrons. The first-order chi connectivity index (χ1) is 6.19. The van der Waals surface area contributed by atoms with Gasteiger partial charge in [0.2, 0.25) is 0 Å². The number of hydrogen-bond acceptors (Lipinski definition) is 2. The smallest absolute Gasteiger partial charge is 0.119 e. The van der Waals surface area contributed by atoms with Gasteiger partial charge in [-0.25, -0.2) is 0 Å². The normalized spacial score (nSPS) is 12.6. The van der Waals surface area contributed by atoms with Gasteiger partial charge in [0.15, 0.2) is 0 Å². The number of aliphatic hydroxyl groups is 1. The zero-order valence-corrected chi connectivity index (χ0v) is 9.91. The summed E-state index contributed by atoms with van der Waals surface area (Å²) in [5.74, 6) is 1.01. The number of rotatable bonds is 3. The van der Waals surface area contributed by atoms with E-state index in [2.05, 4.69) is 22.6 Å². The maximum absolute atomic E-state index is 9.03. The summed E-state index contributed by atoms with van der Waals surface area (Å²) in [4.78, 5) is 0. The zero-order chi connectivity index (χ0) is 9.84. The summed E-state index contributed by atoms with van der Waals surface area (Å²) in [6.07, 6.45) is 0. The van der Waals surface area contributed by atoms with E-state index in [-0.39, 0.29) is 12.5 Å². The van der Waals surface area contributed by atoms with E-state index in [1.807, 2.05) is 25.1 Å². The second-order valence-electron chi connectivity index (χ2n) is 2.97. The van der Waals surface area contributed by atoms with Crippen LogP contribution in [0.3, 0.4) is 0 Å². The first-order valence-corrected chi connectivity index (χ1v) is 5.21. The van der Waals surface area contributed by atoms with Crippen molar-refractivity contribution in [2.75, 3.05) is 13.7 Å². The van der Waals surface area contributed by atoms with Crippen molar-refractivity contribution in [3.63, 3.8) is 0 Å². The van der Waals surface area contributed by atoms with Crippen LogP contribution in [-0.2, 0) is 0 Å². The lowest BCUT2D eigenvalue weighted by Crippen LogP contribution is -2.01. The van der Waals surface area contributed by atoms with Crippen LogP contribution in [0.2, 0.25) is 0 Å². The summed E-state index contributed by atoms with van der Waals surface area (Å²) in [6, 6.07) is 5.90. The van der Waals surface area contributed by atoms with E-state index in [1.165, 1.54) is 3.57 Å². The molecular weight excluding hydrogens is 279 g/mol. The van der Waals surface area contributed by atoms with Crippen molar-refractivity contribution in [2.45, 2.75) is 12.8 Å². The van der Waals surface area contributed by atoms with Gasteiger partial charge in [-0.2, -0.15) is 0 Å². The molecule has 0 bridgehead atoms. The van der Waals surface area contributed by atoms with Crippen molar-refractivity contribution >= 4 is 22.6 Å². The van der Waals surface area contributed by atoms with Gasteiger partial charge in [-0.15, -0.1) is 0 Å². The predicted molar refractivity (Wildman–Crippen MR) is 61.2 cm³/mol. The minimum Gasteiger partial charge on any atom is -0.497 e. The molecule has 0 amide bonds. The molecule has 1 atom stereocenters. The molecule has 0 aliphatic carbocycles. The number of ether oxygens (including phenoxy) is 1. The second-order valence-corrected chi connectivity index (χ2v) is 4.13. The van der Waals surface area contributed by atoms with Gasteiger partial charge in [0.05, 0.1) is 7.11 Å². The van der Waals surface area contributed by atoms with Crippen molar-refractivity contribution in [1.82, 2.24) is 0 Å². The highest BCUT2D eigenvalue weighted by Crippen LogP contribution is 2.25. The SMILES string of the molecule is COc1ccc(I)c(C(C)CO)c1. The molecule has 1 unspecified atom stereocenters. The maximum Gasteiger partial charge on any atom is 0.119 e. The van der Waals surface area contributed by atoms with Gasteiger partial charge in [-0.1, -0.05) is 6.92 Å². The molecule has 13 heavy (non-hydrogen) atoms. The van der Waals surface area contributed by atoms with Crippen LogP contribution in [0.25, 0.3) is 0 Å². The first kappa shape index (κ1) is 10.8. The Morgan fingerprint density at radius 2 is 2.23 bits per heavy atom. The van der Waals surface area contributed by atoms with Crippen LogP contribution in [0.5, 0.6) is 5.75 Å². The van der Waals surface area contributed by atoms with Crippen molar-refractivity contribution < 1.29 is 9.84 Å². The van der Waals surface area contributed by atoms with Gasteiger partial charge in [0, 0.05) is 16.1 Å². The molecule has 2 nitrogen and oxygen atoms in total. The van der Waals surface area contributed by atoms with Crippen LogP contribution in [0.4, 0.5) is 0 Å². The number of hydrogen-bond donors (Lipinski definition) is 1. The van der Waals surface area contributed by atoms with Gasteiger partial charge in [0.1, 0.15) is 5.75 Å². The van der Waals surface area contributed by atoms with Gasteiger partial charge in [-0.05, 0) is 46.4 Å². The maximum atomic E-state index is 9.03. The highest BCUT2D eigenvalue weighted by Gasteiger charge is 2.08. The number of benzene rings is 1. The largest absolute Gasteiger partial charge is 0.497 e. The Balaban J connectivity index is 3.03. The van der Waals surface area contributed by atoms with E-state index in [0.29, 0.717) is 0 Å². The van der Waals surface area contributed by atoms with Crippen LogP contribution in [0.15, 0.2) is 18.2 Å². The summed E-state index contributed by atoms with van der Waals surface area (Å²) < 4.78 is 6.29. The summed E-state index contributed by atoms with van der Waals surface area (Å²) in [5.41, 5.74) is 1.14. The molecule has 0 radical (unpaired) electrons. The third kappa shape index (κ3) is 2.57.